The van der Waals surface area contributed by atoms with Crippen LogP contribution < -0.4 is 10.2 Å². The van der Waals surface area contributed by atoms with Gasteiger partial charge in [0, 0.05) is 12.7 Å². The van der Waals surface area contributed by atoms with Gasteiger partial charge in [-0.25, -0.2) is 18.7 Å². The van der Waals surface area contributed by atoms with E-state index in [0.29, 0.717) is 5.75 Å². The van der Waals surface area contributed by atoms with Crippen molar-refractivity contribution in [1.82, 2.24) is 14.8 Å². The summed E-state index contributed by atoms with van der Waals surface area (Å²) in [5, 5.41) is 8.72. The number of rotatable bonds is 6. The summed E-state index contributed by atoms with van der Waals surface area (Å²) in [4.78, 5) is 15.6. The summed E-state index contributed by atoms with van der Waals surface area (Å²) in [5.74, 6) is 0.482. The van der Waals surface area contributed by atoms with Crippen LogP contribution in [0.4, 0.5) is 4.79 Å². The summed E-state index contributed by atoms with van der Waals surface area (Å²) in [5.41, 5.74) is 2.07. The maximum Gasteiger partial charge on any atom is 0.432 e. The molecule has 162 valence electrons. The number of hydrogen-bond acceptors (Lipinski definition) is 8. The quantitative estimate of drug-likeness (QED) is 0.518. The Morgan fingerprint density at radius 2 is 2.00 bits per heavy atom. The summed E-state index contributed by atoms with van der Waals surface area (Å²) >= 11 is 0. The van der Waals surface area contributed by atoms with Crippen molar-refractivity contribution in [3.8, 4) is 5.75 Å². The summed E-state index contributed by atoms with van der Waals surface area (Å²) < 4.78 is 43.7. The minimum atomic E-state index is -4.02. The SMILES string of the molecule is C[C@@H]1O[C@@H](C)CN(S(=O)(=O)c2ccc(OCc3ccccn3)cc2)[C@@H]1OC(=O)NO. The van der Waals surface area contributed by atoms with Crippen molar-refractivity contribution in [2.24, 2.45) is 0 Å². The van der Waals surface area contributed by atoms with Crippen LogP contribution in [-0.4, -0.2) is 54.0 Å². The third kappa shape index (κ3) is 5.05. The molecule has 1 saturated heterocycles. The second-order valence-electron chi connectivity index (χ2n) is 6.72. The summed E-state index contributed by atoms with van der Waals surface area (Å²) in [6.45, 7) is 3.53. The van der Waals surface area contributed by atoms with Gasteiger partial charge in [0.25, 0.3) is 0 Å². The van der Waals surface area contributed by atoms with Gasteiger partial charge in [-0.3, -0.25) is 10.2 Å². The van der Waals surface area contributed by atoms with E-state index in [9.17, 15) is 13.2 Å². The molecule has 3 atom stereocenters. The van der Waals surface area contributed by atoms with Crippen LogP contribution in [0.1, 0.15) is 19.5 Å². The lowest BCUT2D eigenvalue weighted by molar-refractivity contribution is -0.151. The standard InChI is InChI=1S/C19H23N3O7S/c1-13-11-22(18(14(2)28-13)29-19(23)21-24)30(25,26)17-8-6-16(7-9-17)27-12-15-5-3-4-10-20-15/h3-10,13-14,18,24H,11-12H2,1-2H3,(H,21,23)/t13-,14-,18+/m0/s1. The first-order valence-electron chi connectivity index (χ1n) is 9.22. The molecule has 30 heavy (non-hydrogen) atoms. The van der Waals surface area contributed by atoms with Gasteiger partial charge in [0.05, 0.1) is 16.7 Å². The fraction of sp³-hybridized carbons (Fsp3) is 0.368. The highest BCUT2D eigenvalue weighted by Crippen LogP contribution is 2.28. The number of nitrogens with one attached hydrogen (secondary N) is 1. The van der Waals surface area contributed by atoms with Crippen molar-refractivity contribution in [3.05, 3.63) is 54.4 Å². The van der Waals surface area contributed by atoms with Crippen LogP contribution in [-0.2, 0) is 26.1 Å². The Kier molecular flexibility index (Phi) is 6.87. The Labute approximate surface area is 174 Å². The molecule has 1 aliphatic heterocycles. The van der Waals surface area contributed by atoms with Gasteiger partial charge in [0.15, 0.2) is 6.23 Å². The monoisotopic (exact) mass is 437 g/mol. The molecule has 1 aliphatic rings. The van der Waals surface area contributed by atoms with Gasteiger partial charge in [0.2, 0.25) is 10.0 Å². The smallest absolute Gasteiger partial charge is 0.432 e. The molecule has 0 unspecified atom stereocenters. The lowest BCUT2D eigenvalue weighted by atomic mass is 10.2. The maximum absolute atomic E-state index is 13.2. The number of ether oxygens (including phenoxy) is 3. The number of morpholine rings is 1. The van der Waals surface area contributed by atoms with E-state index in [4.69, 9.17) is 19.4 Å². The van der Waals surface area contributed by atoms with E-state index in [1.54, 1.807) is 38.2 Å². The summed E-state index contributed by atoms with van der Waals surface area (Å²) in [7, 11) is -4.02. The van der Waals surface area contributed by atoms with E-state index in [2.05, 4.69) is 4.98 Å². The van der Waals surface area contributed by atoms with Crippen molar-refractivity contribution in [3.63, 3.8) is 0 Å². The van der Waals surface area contributed by atoms with Crippen LogP contribution in [0.5, 0.6) is 5.75 Å². The number of hydroxylamine groups is 1. The van der Waals surface area contributed by atoms with E-state index in [1.165, 1.54) is 17.6 Å². The van der Waals surface area contributed by atoms with E-state index in [0.717, 1.165) is 10.00 Å². The number of benzene rings is 1. The third-order valence-corrected chi connectivity index (χ3v) is 6.27. The van der Waals surface area contributed by atoms with Crippen molar-refractivity contribution in [2.75, 3.05) is 6.54 Å². The zero-order valence-electron chi connectivity index (χ0n) is 16.5. The van der Waals surface area contributed by atoms with Crippen LogP contribution in [0.3, 0.4) is 0 Å². The number of pyridine rings is 1. The largest absolute Gasteiger partial charge is 0.487 e. The van der Waals surface area contributed by atoms with Crippen molar-refractivity contribution in [1.29, 1.82) is 0 Å². The van der Waals surface area contributed by atoms with Gasteiger partial charge in [-0.15, -0.1) is 0 Å². The van der Waals surface area contributed by atoms with Crippen LogP contribution >= 0.6 is 0 Å². The molecule has 2 heterocycles. The predicted octanol–water partition coefficient (Wildman–Crippen LogP) is 1.90. The van der Waals surface area contributed by atoms with E-state index >= 15 is 0 Å². The molecule has 0 bridgehead atoms. The Morgan fingerprint density at radius 1 is 1.27 bits per heavy atom. The molecular formula is C19H23N3O7S. The van der Waals surface area contributed by atoms with Gasteiger partial charge >= 0.3 is 6.09 Å². The highest BCUT2D eigenvalue weighted by Gasteiger charge is 2.43. The molecule has 11 heteroatoms. The van der Waals surface area contributed by atoms with Gasteiger partial charge < -0.3 is 14.2 Å². The number of aromatic nitrogens is 1. The fourth-order valence-electron chi connectivity index (χ4n) is 3.08. The van der Waals surface area contributed by atoms with E-state index in [-0.39, 0.29) is 18.0 Å². The number of carbonyl (C=O) groups excluding carboxylic acids is 1. The van der Waals surface area contributed by atoms with Crippen LogP contribution in [0.15, 0.2) is 53.6 Å². The number of hydrogen-bond donors (Lipinski definition) is 2. The molecule has 1 aromatic heterocycles. The molecule has 1 amide bonds. The lowest BCUT2D eigenvalue weighted by Crippen LogP contribution is -2.57. The molecular weight excluding hydrogens is 414 g/mol. The average Bonchev–Trinajstić information content (AvgIpc) is 2.74. The molecule has 1 aromatic carbocycles. The molecule has 3 rings (SSSR count). The highest BCUT2D eigenvalue weighted by molar-refractivity contribution is 7.89. The first-order valence-corrected chi connectivity index (χ1v) is 10.7. The van der Waals surface area contributed by atoms with Crippen LogP contribution in [0.2, 0.25) is 0 Å². The van der Waals surface area contributed by atoms with Gasteiger partial charge in [-0.05, 0) is 50.2 Å². The normalized spacial score (nSPS) is 22.3. The third-order valence-electron chi connectivity index (χ3n) is 4.43. The lowest BCUT2D eigenvalue weighted by Gasteiger charge is -2.40. The van der Waals surface area contributed by atoms with Gasteiger partial charge in [0.1, 0.15) is 18.5 Å². The molecule has 10 nitrogen and oxygen atoms in total. The molecule has 0 radical (unpaired) electrons. The Balaban J connectivity index is 1.77. The summed E-state index contributed by atoms with van der Waals surface area (Å²) in [6.07, 6.45) is -1.90. The number of amides is 1. The van der Waals surface area contributed by atoms with Gasteiger partial charge in [-0.1, -0.05) is 6.07 Å². The molecule has 0 aliphatic carbocycles. The molecule has 0 spiro atoms. The molecule has 2 aromatic rings. The maximum atomic E-state index is 13.2. The number of carbonyl (C=O) groups is 1. The Hall–Kier alpha value is -2.73. The number of nitrogens with zero attached hydrogens (tertiary/aromatic N) is 2. The average molecular weight is 437 g/mol. The fourth-order valence-corrected chi connectivity index (χ4v) is 4.72. The zero-order valence-corrected chi connectivity index (χ0v) is 17.3. The predicted molar refractivity (Wildman–Crippen MR) is 104 cm³/mol. The highest BCUT2D eigenvalue weighted by atomic mass is 32.2. The Morgan fingerprint density at radius 3 is 2.63 bits per heavy atom. The Bertz CT molecular complexity index is 954. The molecule has 0 saturated carbocycles. The van der Waals surface area contributed by atoms with Crippen molar-refractivity contribution in [2.45, 2.75) is 43.8 Å². The van der Waals surface area contributed by atoms with E-state index < -0.39 is 34.6 Å². The van der Waals surface area contributed by atoms with Crippen molar-refractivity contribution >= 4 is 16.1 Å². The topological polar surface area (TPSA) is 127 Å². The van der Waals surface area contributed by atoms with Gasteiger partial charge in [-0.2, -0.15) is 4.31 Å². The minimum Gasteiger partial charge on any atom is -0.487 e. The number of sulfonamides is 1. The second kappa shape index (κ2) is 9.39. The van der Waals surface area contributed by atoms with Crippen LogP contribution in [0, 0.1) is 0 Å². The zero-order chi connectivity index (χ0) is 21.7. The van der Waals surface area contributed by atoms with Crippen molar-refractivity contribution < 1.29 is 32.6 Å². The van der Waals surface area contributed by atoms with E-state index in [1.807, 2.05) is 12.1 Å². The second-order valence-corrected chi connectivity index (χ2v) is 8.61. The molecule has 1 fully saturated rings. The first-order chi connectivity index (χ1) is 14.3. The van der Waals surface area contributed by atoms with Crippen LogP contribution in [0.25, 0.3) is 0 Å². The summed E-state index contributed by atoms with van der Waals surface area (Å²) in [6, 6.07) is 11.4. The first kappa shape index (κ1) is 22.0. The minimum absolute atomic E-state index is 0.00647. The molecule has 2 N–H and O–H groups in total.